The lowest BCUT2D eigenvalue weighted by Gasteiger charge is -2.20. The molecule has 0 aliphatic carbocycles. The molecule has 174 valence electrons. The van der Waals surface area contributed by atoms with Gasteiger partial charge in [-0.15, -0.1) is 0 Å². The molecule has 0 saturated carbocycles. The highest BCUT2D eigenvalue weighted by Gasteiger charge is 2.23. The van der Waals surface area contributed by atoms with Gasteiger partial charge in [-0.25, -0.2) is 9.59 Å². The number of ketones is 1. The molecule has 0 aliphatic heterocycles. The Morgan fingerprint density at radius 1 is 0.879 bits per heavy atom. The molecule has 2 amide bonds. The molecule has 33 heavy (non-hydrogen) atoms. The second-order valence-corrected chi connectivity index (χ2v) is 7.19. The van der Waals surface area contributed by atoms with Crippen LogP contribution in [0, 0.1) is 0 Å². The van der Waals surface area contributed by atoms with Crippen molar-refractivity contribution in [1.82, 2.24) is 10.6 Å². The topological polar surface area (TPSA) is 111 Å². The summed E-state index contributed by atoms with van der Waals surface area (Å²) in [5.41, 5.74) is 1.67. The highest BCUT2D eigenvalue weighted by atomic mass is 16.5. The van der Waals surface area contributed by atoms with E-state index in [2.05, 4.69) is 15.4 Å². The van der Waals surface area contributed by atoms with Gasteiger partial charge in [0, 0.05) is 12.5 Å². The second-order valence-electron chi connectivity index (χ2n) is 7.19. The van der Waals surface area contributed by atoms with E-state index in [4.69, 9.17) is 4.74 Å². The quantitative estimate of drug-likeness (QED) is 0.308. The zero-order valence-corrected chi connectivity index (χ0v) is 18.7. The van der Waals surface area contributed by atoms with Crippen LogP contribution in [0.25, 0.3) is 0 Å². The fourth-order valence-corrected chi connectivity index (χ4v) is 2.84. The number of carbonyl (C=O) groups excluding carboxylic acids is 4. The molecule has 2 atom stereocenters. The van der Waals surface area contributed by atoms with Crippen molar-refractivity contribution in [3.05, 3.63) is 83.9 Å². The maximum Gasteiger partial charge on any atom is 0.408 e. The van der Waals surface area contributed by atoms with Gasteiger partial charge in [0.25, 0.3) is 5.78 Å². The number of alkyl carbamates (subject to hydrolysis) is 1. The number of carbonyl (C=O) groups is 4. The Kier molecular flexibility index (Phi) is 10.3. The SMILES string of the molecule is CCOC(=O)C(=O)/C=C/[C@H](C)NC(=O)[C@H](Cc1ccccc1)NC(=O)OCc1ccccc1. The molecule has 8 nitrogen and oxygen atoms in total. The summed E-state index contributed by atoms with van der Waals surface area (Å²) < 4.78 is 9.87. The molecule has 0 radical (unpaired) electrons. The molecule has 0 bridgehead atoms. The minimum Gasteiger partial charge on any atom is -0.460 e. The normalized spacial score (nSPS) is 12.4. The average molecular weight is 453 g/mol. The van der Waals surface area contributed by atoms with Crippen molar-refractivity contribution in [3.8, 4) is 0 Å². The number of ether oxygens (including phenoxy) is 2. The Labute approximate surface area is 193 Å². The molecule has 2 N–H and O–H groups in total. The third kappa shape index (κ3) is 9.39. The van der Waals surface area contributed by atoms with Gasteiger partial charge in [0.15, 0.2) is 0 Å². The molecule has 0 fully saturated rings. The summed E-state index contributed by atoms with van der Waals surface area (Å²) in [4.78, 5) is 48.3. The summed E-state index contributed by atoms with van der Waals surface area (Å²) in [6.07, 6.45) is 1.95. The number of benzene rings is 2. The highest BCUT2D eigenvalue weighted by molar-refractivity contribution is 6.38. The van der Waals surface area contributed by atoms with Gasteiger partial charge in [-0.1, -0.05) is 66.7 Å². The molecule has 2 aromatic carbocycles. The van der Waals surface area contributed by atoms with Crippen LogP contribution in [0.3, 0.4) is 0 Å². The van der Waals surface area contributed by atoms with E-state index in [1.165, 1.54) is 6.08 Å². The smallest absolute Gasteiger partial charge is 0.408 e. The van der Waals surface area contributed by atoms with Crippen molar-refractivity contribution in [1.29, 1.82) is 0 Å². The largest absolute Gasteiger partial charge is 0.460 e. The molecule has 0 aromatic heterocycles. The van der Waals surface area contributed by atoms with Crippen LogP contribution in [0.2, 0.25) is 0 Å². The molecule has 2 aromatic rings. The van der Waals surface area contributed by atoms with E-state index in [0.717, 1.165) is 17.2 Å². The van der Waals surface area contributed by atoms with E-state index in [1.807, 2.05) is 60.7 Å². The maximum absolute atomic E-state index is 12.9. The third-order valence-electron chi connectivity index (χ3n) is 4.49. The molecular formula is C25H28N2O6. The maximum atomic E-state index is 12.9. The summed E-state index contributed by atoms with van der Waals surface area (Å²) in [6.45, 7) is 3.40. The first kappa shape index (κ1) is 25.3. The molecule has 0 spiro atoms. The van der Waals surface area contributed by atoms with E-state index in [-0.39, 0.29) is 19.6 Å². The Morgan fingerprint density at radius 3 is 2.09 bits per heavy atom. The lowest BCUT2D eigenvalue weighted by molar-refractivity contribution is -0.151. The number of esters is 1. The average Bonchev–Trinajstić information content (AvgIpc) is 2.82. The lowest BCUT2D eigenvalue weighted by atomic mass is 10.1. The summed E-state index contributed by atoms with van der Waals surface area (Å²) >= 11 is 0. The van der Waals surface area contributed by atoms with Gasteiger partial charge < -0.3 is 20.1 Å². The molecule has 8 heteroatoms. The van der Waals surface area contributed by atoms with Crippen LogP contribution < -0.4 is 10.6 Å². The minimum atomic E-state index is -0.961. The predicted molar refractivity (Wildman–Crippen MR) is 122 cm³/mol. The van der Waals surface area contributed by atoms with Crippen LogP contribution in [-0.4, -0.2) is 42.4 Å². The standard InChI is InChI=1S/C25H28N2O6/c1-3-32-24(30)22(28)15-14-18(2)26-23(29)21(16-19-10-6-4-7-11-19)27-25(31)33-17-20-12-8-5-9-13-20/h4-15,18,21H,3,16-17H2,1-2H3,(H,26,29)(H,27,31)/b15-14+/t18-,21-/m0/s1. The minimum absolute atomic E-state index is 0.0709. The lowest BCUT2D eigenvalue weighted by Crippen LogP contribution is -2.50. The van der Waals surface area contributed by atoms with Crippen LogP contribution in [0.4, 0.5) is 4.79 Å². The molecule has 0 aliphatic rings. The molecule has 0 saturated heterocycles. The van der Waals surface area contributed by atoms with Crippen LogP contribution >= 0.6 is 0 Å². The van der Waals surface area contributed by atoms with E-state index in [1.54, 1.807) is 13.8 Å². The van der Waals surface area contributed by atoms with Crippen LogP contribution in [0.1, 0.15) is 25.0 Å². The van der Waals surface area contributed by atoms with Gasteiger partial charge in [0.2, 0.25) is 5.91 Å². The van der Waals surface area contributed by atoms with Crippen LogP contribution in [-0.2, 0) is 36.9 Å². The third-order valence-corrected chi connectivity index (χ3v) is 4.49. The van der Waals surface area contributed by atoms with Gasteiger partial charge in [-0.3, -0.25) is 9.59 Å². The van der Waals surface area contributed by atoms with E-state index in [0.29, 0.717) is 0 Å². The van der Waals surface area contributed by atoms with E-state index in [9.17, 15) is 19.2 Å². The van der Waals surface area contributed by atoms with Crippen molar-refractivity contribution in [2.45, 2.75) is 39.0 Å². The Bertz CT molecular complexity index is 959. The van der Waals surface area contributed by atoms with Gasteiger partial charge in [-0.05, 0) is 31.1 Å². The number of amides is 2. The number of nitrogens with one attached hydrogen (secondary N) is 2. The Balaban J connectivity index is 1.99. The van der Waals surface area contributed by atoms with Crippen molar-refractivity contribution < 1.29 is 28.7 Å². The monoisotopic (exact) mass is 452 g/mol. The molecule has 2 rings (SSSR count). The van der Waals surface area contributed by atoms with E-state index < -0.39 is 35.8 Å². The predicted octanol–water partition coefficient (Wildman–Crippen LogP) is 2.72. The van der Waals surface area contributed by atoms with Gasteiger partial charge >= 0.3 is 12.1 Å². The fourth-order valence-electron chi connectivity index (χ4n) is 2.84. The Morgan fingerprint density at radius 2 is 1.48 bits per heavy atom. The molecular weight excluding hydrogens is 424 g/mol. The van der Waals surface area contributed by atoms with Crippen molar-refractivity contribution >= 4 is 23.8 Å². The summed E-state index contributed by atoms with van der Waals surface area (Å²) in [5, 5.41) is 5.31. The van der Waals surface area contributed by atoms with Gasteiger partial charge in [0.1, 0.15) is 12.6 Å². The number of rotatable bonds is 11. The van der Waals surface area contributed by atoms with Crippen molar-refractivity contribution in [2.75, 3.05) is 6.61 Å². The van der Waals surface area contributed by atoms with Gasteiger partial charge in [-0.2, -0.15) is 0 Å². The van der Waals surface area contributed by atoms with Crippen LogP contribution in [0.5, 0.6) is 0 Å². The highest BCUT2D eigenvalue weighted by Crippen LogP contribution is 2.06. The van der Waals surface area contributed by atoms with E-state index >= 15 is 0 Å². The first-order chi connectivity index (χ1) is 15.9. The summed E-state index contributed by atoms with van der Waals surface area (Å²) in [6, 6.07) is 16.9. The molecule has 0 unspecified atom stereocenters. The second kappa shape index (κ2) is 13.5. The first-order valence-corrected chi connectivity index (χ1v) is 10.6. The zero-order valence-electron chi connectivity index (χ0n) is 18.7. The van der Waals surface area contributed by atoms with Crippen molar-refractivity contribution in [2.24, 2.45) is 0 Å². The summed E-state index contributed by atoms with van der Waals surface area (Å²) in [5.74, 6) is -2.24. The Hall–Kier alpha value is -3.94. The fraction of sp³-hybridized carbons (Fsp3) is 0.280. The van der Waals surface area contributed by atoms with Crippen molar-refractivity contribution in [3.63, 3.8) is 0 Å². The first-order valence-electron chi connectivity index (χ1n) is 10.6. The number of hydrogen-bond donors (Lipinski definition) is 2. The summed E-state index contributed by atoms with van der Waals surface area (Å²) in [7, 11) is 0. The zero-order chi connectivity index (χ0) is 24.1. The number of hydrogen-bond acceptors (Lipinski definition) is 6. The van der Waals surface area contributed by atoms with Gasteiger partial charge in [0.05, 0.1) is 6.61 Å². The molecule has 0 heterocycles. The van der Waals surface area contributed by atoms with Crippen LogP contribution in [0.15, 0.2) is 72.8 Å².